The lowest BCUT2D eigenvalue weighted by atomic mass is 9.72. The van der Waals surface area contributed by atoms with E-state index in [0.29, 0.717) is 37.9 Å². The van der Waals surface area contributed by atoms with E-state index in [4.69, 9.17) is 4.74 Å². The van der Waals surface area contributed by atoms with Crippen LogP contribution in [0.1, 0.15) is 65.4 Å². The summed E-state index contributed by atoms with van der Waals surface area (Å²) in [6.45, 7) is 7.80. The molecule has 0 radical (unpaired) electrons. The molecule has 0 bridgehead atoms. The Kier molecular flexibility index (Phi) is 6.38. The van der Waals surface area contributed by atoms with Crippen LogP contribution in [-0.2, 0) is 24.5 Å². The number of nitrogens with one attached hydrogen (secondary N) is 2. The number of rotatable bonds is 4. The minimum Gasteiger partial charge on any atom is -0.444 e. The average molecular weight is 430 g/mol. The lowest BCUT2D eigenvalue weighted by Crippen LogP contribution is -2.51. The maximum Gasteiger partial charge on any atom is 0.410 e. The van der Waals surface area contributed by atoms with Crippen LogP contribution in [0.5, 0.6) is 0 Å². The first kappa shape index (κ1) is 22.8. The van der Waals surface area contributed by atoms with E-state index in [1.807, 2.05) is 19.1 Å². The molecule has 168 valence electrons. The molecule has 0 aliphatic carbocycles. The number of hydrogen-bond acceptors (Lipinski definition) is 5. The van der Waals surface area contributed by atoms with E-state index in [2.05, 4.69) is 10.6 Å². The van der Waals surface area contributed by atoms with Gasteiger partial charge in [-0.25, -0.2) is 4.79 Å². The van der Waals surface area contributed by atoms with Crippen molar-refractivity contribution in [1.82, 2.24) is 10.2 Å². The smallest absolute Gasteiger partial charge is 0.410 e. The summed E-state index contributed by atoms with van der Waals surface area (Å²) in [6, 6.07) is 6.55. The highest BCUT2D eigenvalue weighted by Gasteiger charge is 2.42. The van der Waals surface area contributed by atoms with Gasteiger partial charge in [0, 0.05) is 18.7 Å². The molecule has 0 aromatic heterocycles. The monoisotopic (exact) mass is 429 g/mol. The van der Waals surface area contributed by atoms with Gasteiger partial charge < -0.3 is 10.1 Å². The Balaban J connectivity index is 1.69. The second-order valence-corrected chi connectivity index (χ2v) is 9.21. The van der Waals surface area contributed by atoms with Gasteiger partial charge >= 0.3 is 6.09 Å². The lowest BCUT2D eigenvalue weighted by Gasteiger charge is -2.35. The first-order valence-corrected chi connectivity index (χ1v) is 10.8. The van der Waals surface area contributed by atoms with Crippen LogP contribution < -0.4 is 10.6 Å². The molecule has 2 atom stereocenters. The molecule has 8 nitrogen and oxygen atoms in total. The molecule has 2 saturated heterocycles. The van der Waals surface area contributed by atoms with Crippen molar-refractivity contribution in [2.24, 2.45) is 0 Å². The third-order valence-corrected chi connectivity index (χ3v) is 5.96. The average Bonchev–Trinajstić information content (AvgIpc) is 3.18. The first-order valence-electron chi connectivity index (χ1n) is 10.8. The molecule has 2 fully saturated rings. The Hall–Kier alpha value is -2.90. The fourth-order valence-electron chi connectivity index (χ4n) is 4.24. The number of likely N-dealkylation sites (tertiary alicyclic amines) is 1. The summed E-state index contributed by atoms with van der Waals surface area (Å²) in [7, 11) is 0. The Labute approximate surface area is 182 Å². The van der Waals surface area contributed by atoms with E-state index >= 15 is 0 Å². The van der Waals surface area contributed by atoms with Crippen LogP contribution in [0.2, 0.25) is 0 Å². The number of ether oxygens (including phenoxy) is 1. The van der Waals surface area contributed by atoms with Crippen molar-refractivity contribution < 1.29 is 23.9 Å². The number of anilines is 1. The predicted molar refractivity (Wildman–Crippen MR) is 115 cm³/mol. The van der Waals surface area contributed by atoms with E-state index in [-0.39, 0.29) is 17.7 Å². The molecule has 2 heterocycles. The fourth-order valence-corrected chi connectivity index (χ4v) is 4.24. The lowest BCUT2D eigenvalue weighted by molar-refractivity contribution is -0.138. The molecule has 3 rings (SSSR count). The van der Waals surface area contributed by atoms with Gasteiger partial charge in [0.25, 0.3) is 0 Å². The molecular formula is C23H31N3O5. The third kappa shape index (κ3) is 4.89. The van der Waals surface area contributed by atoms with Crippen molar-refractivity contribution in [2.75, 3.05) is 11.9 Å². The van der Waals surface area contributed by atoms with Crippen molar-refractivity contribution in [2.45, 2.75) is 76.9 Å². The van der Waals surface area contributed by atoms with E-state index in [0.717, 1.165) is 12.0 Å². The summed E-state index contributed by atoms with van der Waals surface area (Å²) in [4.78, 5) is 50.8. The zero-order valence-electron chi connectivity index (χ0n) is 18.6. The molecule has 4 amide bonds. The molecule has 0 spiro atoms. The van der Waals surface area contributed by atoms with Crippen LogP contribution in [-0.4, -0.2) is 46.9 Å². The van der Waals surface area contributed by atoms with Crippen LogP contribution in [0, 0.1) is 0 Å². The fraction of sp³-hybridized carbons (Fsp3) is 0.565. The summed E-state index contributed by atoms with van der Waals surface area (Å²) >= 11 is 0. The van der Waals surface area contributed by atoms with Gasteiger partial charge in [-0.15, -0.1) is 0 Å². The quantitative estimate of drug-likeness (QED) is 0.716. The van der Waals surface area contributed by atoms with Crippen LogP contribution in [0.25, 0.3) is 0 Å². The topological polar surface area (TPSA) is 105 Å². The predicted octanol–water partition coefficient (Wildman–Crippen LogP) is 3.11. The molecule has 8 heteroatoms. The van der Waals surface area contributed by atoms with Crippen LogP contribution in [0.15, 0.2) is 24.3 Å². The SMILES string of the molecule is CCC1(c2ccc(NC(=O)C3CCCN3C(=O)OC(C)(C)C)cc2)CCC(=O)NC1=O. The molecule has 31 heavy (non-hydrogen) atoms. The number of amides is 4. The Morgan fingerprint density at radius 3 is 2.48 bits per heavy atom. The van der Waals surface area contributed by atoms with E-state index < -0.39 is 23.2 Å². The maximum atomic E-state index is 12.8. The summed E-state index contributed by atoms with van der Waals surface area (Å²) < 4.78 is 5.42. The number of benzene rings is 1. The standard InChI is InChI=1S/C23H31N3O5/c1-5-23(13-12-18(27)25-20(23)29)15-8-10-16(11-9-15)24-19(28)17-7-6-14-26(17)21(30)31-22(2,3)4/h8-11,17H,5-7,12-14H2,1-4H3,(H,24,28)(H,25,27,29). The summed E-state index contributed by atoms with van der Waals surface area (Å²) in [5.74, 6) is -0.784. The Morgan fingerprint density at radius 2 is 1.90 bits per heavy atom. The number of hydrogen-bond donors (Lipinski definition) is 2. The second-order valence-electron chi connectivity index (χ2n) is 9.21. The van der Waals surface area contributed by atoms with E-state index in [1.54, 1.807) is 32.9 Å². The van der Waals surface area contributed by atoms with Gasteiger partial charge in [0.05, 0.1) is 5.41 Å². The van der Waals surface area contributed by atoms with Gasteiger partial charge in [-0.3, -0.25) is 24.6 Å². The largest absolute Gasteiger partial charge is 0.444 e. The van der Waals surface area contributed by atoms with Gasteiger partial charge in [-0.2, -0.15) is 0 Å². The van der Waals surface area contributed by atoms with Crippen molar-refractivity contribution in [3.63, 3.8) is 0 Å². The minimum absolute atomic E-state index is 0.246. The summed E-state index contributed by atoms with van der Waals surface area (Å²) in [5.41, 5.74) is 0.0367. The first-order chi connectivity index (χ1) is 14.6. The number of imide groups is 1. The van der Waals surface area contributed by atoms with E-state index in [9.17, 15) is 19.2 Å². The van der Waals surface area contributed by atoms with Gasteiger partial charge in [-0.1, -0.05) is 19.1 Å². The number of carbonyl (C=O) groups is 4. The summed E-state index contributed by atoms with van der Waals surface area (Å²) in [5, 5.41) is 5.31. The van der Waals surface area contributed by atoms with Crippen LogP contribution in [0.3, 0.4) is 0 Å². The zero-order chi connectivity index (χ0) is 22.8. The minimum atomic E-state index is -0.741. The molecule has 2 aliphatic rings. The highest BCUT2D eigenvalue weighted by molar-refractivity contribution is 6.03. The van der Waals surface area contributed by atoms with Crippen molar-refractivity contribution in [3.05, 3.63) is 29.8 Å². The van der Waals surface area contributed by atoms with E-state index in [1.165, 1.54) is 4.90 Å². The molecule has 2 aliphatic heterocycles. The molecule has 1 aromatic rings. The van der Waals surface area contributed by atoms with Crippen molar-refractivity contribution in [1.29, 1.82) is 0 Å². The molecule has 2 unspecified atom stereocenters. The van der Waals surface area contributed by atoms with Gasteiger partial charge in [0.1, 0.15) is 11.6 Å². The van der Waals surface area contributed by atoms with Crippen molar-refractivity contribution in [3.8, 4) is 0 Å². The number of piperidine rings is 1. The second kappa shape index (κ2) is 8.69. The molecule has 0 saturated carbocycles. The van der Waals surface area contributed by atoms with Crippen LogP contribution >= 0.6 is 0 Å². The van der Waals surface area contributed by atoms with Crippen molar-refractivity contribution >= 4 is 29.5 Å². The summed E-state index contributed by atoms with van der Waals surface area (Å²) in [6.07, 6.45) is 2.18. The normalized spacial score (nSPS) is 24.0. The Morgan fingerprint density at radius 1 is 1.23 bits per heavy atom. The van der Waals surface area contributed by atoms with Crippen LogP contribution in [0.4, 0.5) is 10.5 Å². The third-order valence-electron chi connectivity index (χ3n) is 5.96. The molecule has 1 aromatic carbocycles. The zero-order valence-corrected chi connectivity index (χ0v) is 18.6. The Bertz CT molecular complexity index is 874. The maximum absolute atomic E-state index is 12.8. The number of nitrogens with zero attached hydrogens (tertiary/aromatic N) is 1. The highest BCUT2D eigenvalue weighted by Crippen LogP contribution is 2.36. The van der Waals surface area contributed by atoms with Gasteiger partial charge in [-0.05, 0) is 64.2 Å². The van der Waals surface area contributed by atoms with Gasteiger partial charge in [0.15, 0.2) is 0 Å². The molecule has 2 N–H and O–H groups in total. The van der Waals surface area contributed by atoms with Gasteiger partial charge in [0.2, 0.25) is 17.7 Å². The number of carbonyl (C=O) groups excluding carboxylic acids is 4. The highest BCUT2D eigenvalue weighted by atomic mass is 16.6. The molecular weight excluding hydrogens is 398 g/mol.